The van der Waals surface area contributed by atoms with Crippen LogP contribution in [0.1, 0.15) is 51.0 Å². The van der Waals surface area contributed by atoms with E-state index in [1.807, 2.05) is 0 Å². The second kappa shape index (κ2) is 9.42. The summed E-state index contributed by atoms with van der Waals surface area (Å²) in [4.78, 5) is 9.93. The lowest BCUT2D eigenvalue weighted by atomic mass is 10.1. The van der Waals surface area contributed by atoms with Crippen molar-refractivity contribution in [2.45, 2.75) is 52.0 Å². The van der Waals surface area contributed by atoms with Gasteiger partial charge in [-0.1, -0.05) is 51.2 Å². The molecule has 112 valence electrons. The standard InChI is InChI=1S/C15H23FN2O2/c1-2-3-4-5-6-7-11-17-12-13-9-8-10-14(15(13)16)18(19)20/h8-10,17H,2-7,11-12H2,1H3. The molecule has 20 heavy (non-hydrogen) atoms. The van der Waals surface area contributed by atoms with Gasteiger partial charge in [-0.25, -0.2) is 0 Å². The summed E-state index contributed by atoms with van der Waals surface area (Å²) < 4.78 is 13.8. The Morgan fingerprint density at radius 1 is 1.20 bits per heavy atom. The minimum absolute atomic E-state index is 0.336. The van der Waals surface area contributed by atoms with Crippen molar-refractivity contribution in [3.63, 3.8) is 0 Å². The summed E-state index contributed by atoms with van der Waals surface area (Å²) in [5.74, 6) is -0.729. The van der Waals surface area contributed by atoms with Gasteiger partial charge in [0.2, 0.25) is 5.82 Å². The van der Waals surface area contributed by atoms with Crippen LogP contribution in [0.3, 0.4) is 0 Å². The molecule has 1 N–H and O–H groups in total. The highest BCUT2D eigenvalue weighted by molar-refractivity contribution is 5.36. The first kappa shape index (κ1) is 16.6. The van der Waals surface area contributed by atoms with Crippen LogP contribution in [0, 0.1) is 15.9 Å². The second-order valence-corrected chi connectivity index (χ2v) is 4.95. The molecular weight excluding hydrogens is 259 g/mol. The highest BCUT2D eigenvalue weighted by Gasteiger charge is 2.16. The van der Waals surface area contributed by atoms with Crippen molar-refractivity contribution >= 4 is 5.69 Å². The first-order chi connectivity index (χ1) is 9.66. The quantitative estimate of drug-likeness (QED) is 0.398. The Morgan fingerprint density at radius 3 is 2.60 bits per heavy atom. The highest BCUT2D eigenvalue weighted by atomic mass is 19.1. The number of nitro groups is 1. The van der Waals surface area contributed by atoms with E-state index in [1.165, 1.54) is 44.2 Å². The number of nitro benzene ring substituents is 1. The predicted molar refractivity (Wildman–Crippen MR) is 78.1 cm³/mol. The molecule has 0 saturated heterocycles. The van der Waals surface area contributed by atoms with Gasteiger partial charge < -0.3 is 5.32 Å². The van der Waals surface area contributed by atoms with Crippen molar-refractivity contribution in [2.75, 3.05) is 6.54 Å². The van der Waals surface area contributed by atoms with Crippen LogP contribution in [0.5, 0.6) is 0 Å². The molecule has 1 aromatic rings. The van der Waals surface area contributed by atoms with Crippen LogP contribution >= 0.6 is 0 Å². The van der Waals surface area contributed by atoms with Crippen LogP contribution in [0.4, 0.5) is 10.1 Å². The van der Waals surface area contributed by atoms with Crippen LogP contribution in [0.25, 0.3) is 0 Å². The largest absolute Gasteiger partial charge is 0.313 e. The summed E-state index contributed by atoms with van der Waals surface area (Å²) >= 11 is 0. The topological polar surface area (TPSA) is 55.2 Å². The molecule has 1 aromatic carbocycles. The molecule has 0 aliphatic rings. The second-order valence-electron chi connectivity index (χ2n) is 4.95. The zero-order chi connectivity index (χ0) is 14.8. The van der Waals surface area contributed by atoms with Gasteiger partial charge in [0.15, 0.2) is 0 Å². The van der Waals surface area contributed by atoms with Gasteiger partial charge in [-0.3, -0.25) is 10.1 Å². The zero-order valence-electron chi connectivity index (χ0n) is 12.0. The normalized spacial score (nSPS) is 10.7. The molecule has 0 spiro atoms. The first-order valence-electron chi connectivity index (χ1n) is 7.29. The molecule has 0 heterocycles. The first-order valence-corrected chi connectivity index (χ1v) is 7.29. The number of nitrogens with zero attached hydrogens (tertiary/aromatic N) is 1. The van der Waals surface area contributed by atoms with Crippen LogP contribution in [-0.2, 0) is 6.54 Å². The smallest absolute Gasteiger partial charge is 0.305 e. The predicted octanol–water partition coefficient (Wildman–Crippen LogP) is 4.18. The van der Waals surface area contributed by atoms with Crippen LogP contribution in [-0.4, -0.2) is 11.5 Å². The number of benzene rings is 1. The number of hydrogen-bond donors (Lipinski definition) is 1. The van der Waals surface area contributed by atoms with Gasteiger partial charge in [-0.2, -0.15) is 4.39 Å². The molecule has 0 aromatic heterocycles. The van der Waals surface area contributed by atoms with E-state index in [9.17, 15) is 14.5 Å². The van der Waals surface area contributed by atoms with E-state index in [2.05, 4.69) is 12.2 Å². The average molecular weight is 282 g/mol. The molecule has 0 aliphatic carbocycles. The molecule has 1 rings (SSSR count). The fourth-order valence-corrected chi connectivity index (χ4v) is 2.10. The summed E-state index contributed by atoms with van der Waals surface area (Å²) in [5.41, 5.74) is -0.103. The minimum atomic E-state index is -0.729. The lowest BCUT2D eigenvalue weighted by Gasteiger charge is -2.06. The SMILES string of the molecule is CCCCCCCCNCc1cccc([N+](=O)[O-])c1F. The van der Waals surface area contributed by atoms with Gasteiger partial charge in [0.1, 0.15) is 0 Å². The third-order valence-electron chi connectivity index (χ3n) is 3.28. The van der Waals surface area contributed by atoms with E-state index in [0.717, 1.165) is 13.0 Å². The molecule has 0 unspecified atom stereocenters. The molecule has 0 atom stereocenters. The van der Waals surface area contributed by atoms with Crippen molar-refractivity contribution in [2.24, 2.45) is 0 Å². The summed E-state index contributed by atoms with van der Waals surface area (Å²) in [6.45, 7) is 3.34. The number of hydrogen-bond acceptors (Lipinski definition) is 3. The van der Waals surface area contributed by atoms with Gasteiger partial charge in [-0.05, 0) is 13.0 Å². The number of nitrogens with one attached hydrogen (secondary N) is 1. The lowest BCUT2D eigenvalue weighted by Crippen LogP contribution is -2.16. The molecule has 0 fully saturated rings. The van der Waals surface area contributed by atoms with Crippen LogP contribution in [0.15, 0.2) is 18.2 Å². The summed E-state index contributed by atoms with van der Waals surface area (Å²) in [5, 5.41) is 13.8. The van der Waals surface area contributed by atoms with E-state index in [-0.39, 0.29) is 0 Å². The van der Waals surface area contributed by atoms with E-state index in [0.29, 0.717) is 12.1 Å². The Hall–Kier alpha value is -1.49. The zero-order valence-corrected chi connectivity index (χ0v) is 12.0. The van der Waals surface area contributed by atoms with Crippen molar-refractivity contribution < 1.29 is 9.31 Å². The van der Waals surface area contributed by atoms with Crippen molar-refractivity contribution in [1.82, 2.24) is 5.32 Å². The summed E-state index contributed by atoms with van der Waals surface area (Å²) in [7, 11) is 0. The molecule has 0 aliphatic heterocycles. The van der Waals surface area contributed by atoms with Gasteiger partial charge in [0.25, 0.3) is 0 Å². The Bertz CT molecular complexity index is 424. The number of halogens is 1. The minimum Gasteiger partial charge on any atom is -0.313 e. The fraction of sp³-hybridized carbons (Fsp3) is 0.600. The van der Waals surface area contributed by atoms with E-state index < -0.39 is 16.4 Å². The van der Waals surface area contributed by atoms with Crippen LogP contribution in [0.2, 0.25) is 0 Å². The van der Waals surface area contributed by atoms with Crippen molar-refractivity contribution in [1.29, 1.82) is 0 Å². The maximum absolute atomic E-state index is 13.8. The summed E-state index contributed by atoms with van der Waals surface area (Å²) in [6.07, 6.45) is 7.26. The Balaban J connectivity index is 2.25. The van der Waals surface area contributed by atoms with Crippen molar-refractivity contribution in [3.05, 3.63) is 39.7 Å². The molecule has 0 amide bonds. The Labute approximate surface area is 119 Å². The Kier molecular flexibility index (Phi) is 7.80. The monoisotopic (exact) mass is 282 g/mol. The fourth-order valence-electron chi connectivity index (χ4n) is 2.10. The average Bonchev–Trinajstić information content (AvgIpc) is 2.43. The molecule has 0 saturated carbocycles. The maximum atomic E-state index is 13.8. The van der Waals surface area contributed by atoms with E-state index >= 15 is 0 Å². The third-order valence-corrected chi connectivity index (χ3v) is 3.28. The number of unbranched alkanes of at least 4 members (excludes halogenated alkanes) is 5. The molecule has 5 heteroatoms. The molecule has 4 nitrogen and oxygen atoms in total. The molecule has 0 bridgehead atoms. The molecular formula is C15H23FN2O2. The van der Waals surface area contributed by atoms with E-state index in [4.69, 9.17) is 0 Å². The lowest BCUT2D eigenvalue weighted by molar-refractivity contribution is -0.387. The third kappa shape index (κ3) is 5.65. The highest BCUT2D eigenvalue weighted by Crippen LogP contribution is 2.19. The van der Waals surface area contributed by atoms with Gasteiger partial charge in [0, 0.05) is 18.2 Å². The maximum Gasteiger partial charge on any atom is 0.305 e. The van der Waals surface area contributed by atoms with Gasteiger partial charge >= 0.3 is 5.69 Å². The molecule has 0 radical (unpaired) electrons. The summed E-state index contributed by atoms with van der Waals surface area (Å²) in [6, 6.07) is 4.28. The Morgan fingerprint density at radius 2 is 1.90 bits per heavy atom. The van der Waals surface area contributed by atoms with Gasteiger partial charge in [0.05, 0.1) is 4.92 Å². The van der Waals surface area contributed by atoms with Gasteiger partial charge in [-0.15, -0.1) is 0 Å². The number of rotatable bonds is 10. The van der Waals surface area contributed by atoms with Crippen LogP contribution < -0.4 is 5.32 Å². The van der Waals surface area contributed by atoms with Crippen molar-refractivity contribution in [3.8, 4) is 0 Å². The van der Waals surface area contributed by atoms with E-state index in [1.54, 1.807) is 6.07 Å².